The number of rotatable bonds is 4. The molecule has 1 amide bonds. The number of aromatic nitrogens is 2. The van der Waals surface area contributed by atoms with Crippen molar-refractivity contribution in [3.63, 3.8) is 0 Å². The molecule has 1 aromatic heterocycles. The zero-order chi connectivity index (χ0) is 19.0. The molecule has 1 aliphatic rings. The van der Waals surface area contributed by atoms with E-state index in [0.717, 1.165) is 0 Å². The lowest BCUT2D eigenvalue weighted by molar-refractivity contribution is -0.120. The second kappa shape index (κ2) is 6.92. The van der Waals surface area contributed by atoms with E-state index in [1.165, 1.54) is 0 Å². The van der Waals surface area contributed by atoms with Crippen LogP contribution in [0.4, 0.5) is 17.6 Å². The molecule has 3 rings (SSSR count). The summed E-state index contributed by atoms with van der Waals surface area (Å²) in [4.78, 5) is 14.6. The molecule has 1 atom stereocenters. The van der Waals surface area contributed by atoms with Gasteiger partial charge in [0.15, 0.2) is 28.0 Å². The van der Waals surface area contributed by atoms with E-state index in [1.54, 1.807) is 10.6 Å². The summed E-state index contributed by atoms with van der Waals surface area (Å²) in [5.74, 6) is -7.06. The Morgan fingerprint density at radius 1 is 1.35 bits per heavy atom. The Morgan fingerprint density at radius 3 is 2.62 bits per heavy atom. The van der Waals surface area contributed by atoms with Gasteiger partial charge in [0.1, 0.15) is 6.54 Å². The molecule has 2 N–H and O–H groups in total. The fourth-order valence-electron chi connectivity index (χ4n) is 3.15. The van der Waals surface area contributed by atoms with Crippen molar-refractivity contribution in [3.05, 3.63) is 51.1 Å². The zero-order valence-electron chi connectivity index (χ0n) is 13.2. The SMILES string of the molecule is N#CCNC(=O)Cc1[nH]c(=S)n2c1CC(c1c(F)c(F)cc(F)c1F)C2. The van der Waals surface area contributed by atoms with Crippen molar-refractivity contribution in [2.75, 3.05) is 6.54 Å². The van der Waals surface area contributed by atoms with Crippen LogP contribution in [0.25, 0.3) is 0 Å². The van der Waals surface area contributed by atoms with E-state index in [4.69, 9.17) is 17.5 Å². The third-order valence-electron chi connectivity index (χ3n) is 4.28. The highest BCUT2D eigenvalue weighted by molar-refractivity contribution is 7.71. The molecule has 2 aromatic rings. The largest absolute Gasteiger partial charge is 0.343 e. The Balaban J connectivity index is 1.91. The van der Waals surface area contributed by atoms with E-state index >= 15 is 0 Å². The first-order valence-electron chi connectivity index (χ1n) is 7.60. The summed E-state index contributed by atoms with van der Waals surface area (Å²) in [5, 5.41) is 10.8. The number of fused-ring (bicyclic) bond motifs is 1. The van der Waals surface area contributed by atoms with Gasteiger partial charge in [-0.3, -0.25) is 4.79 Å². The summed E-state index contributed by atoms with van der Waals surface area (Å²) < 4.78 is 56.9. The summed E-state index contributed by atoms with van der Waals surface area (Å²) in [6, 6.07) is 1.94. The monoisotopic (exact) mass is 384 g/mol. The maximum absolute atomic E-state index is 14.1. The molecule has 0 radical (unpaired) electrons. The summed E-state index contributed by atoms with van der Waals surface area (Å²) >= 11 is 5.15. The normalized spacial score (nSPS) is 15.6. The molecule has 2 heterocycles. The van der Waals surface area contributed by atoms with Crippen LogP contribution in [0.5, 0.6) is 0 Å². The molecule has 1 unspecified atom stereocenters. The molecular weight excluding hydrogens is 372 g/mol. The van der Waals surface area contributed by atoms with Gasteiger partial charge >= 0.3 is 0 Å². The predicted molar refractivity (Wildman–Crippen MR) is 84.7 cm³/mol. The van der Waals surface area contributed by atoms with Gasteiger partial charge in [-0.1, -0.05) is 0 Å². The molecule has 0 aliphatic carbocycles. The van der Waals surface area contributed by atoms with E-state index < -0.39 is 40.7 Å². The Kier molecular flexibility index (Phi) is 4.82. The highest BCUT2D eigenvalue weighted by Crippen LogP contribution is 2.36. The van der Waals surface area contributed by atoms with E-state index in [9.17, 15) is 22.4 Å². The number of carbonyl (C=O) groups is 1. The Bertz CT molecular complexity index is 965. The number of carbonyl (C=O) groups excluding carboxylic acids is 1. The van der Waals surface area contributed by atoms with Crippen LogP contribution in [0.1, 0.15) is 22.9 Å². The fraction of sp³-hybridized carbons (Fsp3) is 0.312. The molecule has 0 saturated heterocycles. The number of H-pyrrole nitrogens is 1. The first kappa shape index (κ1) is 18.1. The van der Waals surface area contributed by atoms with Crippen LogP contribution in [0.2, 0.25) is 0 Å². The van der Waals surface area contributed by atoms with E-state index in [-0.39, 0.29) is 36.8 Å². The third-order valence-corrected chi connectivity index (χ3v) is 4.60. The third kappa shape index (κ3) is 3.10. The van der Waals surface area contributed by atoms with Crippen LogP contribution in [0, 0.1) is 39.4 Å². The van der Waals surface area contributed by atoms with Crippen LogP contribution in [-0.4, -0.2) is 22.0 Å². The second-order valence-corrected chi connectivity index (χ2v) is 6.25. The van der Waals surface area contributed by atoms with Crippen molar-refractivity contribution >= 4 is 18.1 Å². The van der Waals surface area contributed by atoms with Gasteiger partial charge in [-0.15, -0.1) is 0 Å². The molecule has 5 nitrogen and oxygen atoms in total. The quantitative estimate of drug-likeness (QED) is 0.368. The first-order valence-corrected chi connectivity index (χ1v) is 8.01. The summed E-state index contributed by atoms with van der Waals surface area (Å²) in [5.41, 5.74) is 0.307. The Morgan fingerprint density at radius 2 is 2.00 bits per heavy atom. The number of benzene rings is 1. The van der Waals surface area contributed by atoms with E-state index in [0.29, 0.717) is 11.4 Å². The van der Waals surface area contributed by atoms with Crippen molar-refractivity contribution in [2.24, 2.45) is 0 Å². The van der Waals surface area contributed by atoms with Crippen LogP contribution in [0.3, 0.4) is 0 Å². The van der Waals surface area contributed by atoms with Gasteiger partial charge in [-0.05, 0) is 18.6 Å². The van der Waals surface area contributed by atoms with Crippen molar-refractivity contribution in [2.45, 2.75) is 25.3 Å². The summed E-state index contributed by atoms with van der Waals surface area (Å²) in [6.45, 7) is -0.127. The molecule has 10 heteroatoms. The maximum Gasteiger partial charge on any atom is 0.226 e. The molecule has 1 aromatic carbocycles. The molecule has 1 aliphatic heterocycles. The maximum atomic E-state index is 14.1. The first-order chi connectivity index (χ1) is 12.3. The molecule has 26 heavy (non-hydrogen) atoms. The lowest BCUT2D eigenvalue weighted by atomic mass is 9.94. The minimum atomic E-state index is -1.46. The number of nitriles is 1. The number of nitrogens with zero attached hydrogens (tertiary/aromatic N) is 2. The number of halogens is 4. The van der Waals surface area contributed by atoms with Gasteiger partial charge in [0.05, 0.1) is 12.5 Å². The van der Waals surface area contributed by atoms with Crippen LogP contribution >= 0.6 is 12.2 Å². The van der Waals surface area contributed by atoms with Crippen molar-refractivity contribution in [3.8, 4) is 6.07 Å². The number of imidazole rings is 1. The molecule has 136 valence electrons. The van der Waals surface area contributed by atoms with Gasteiger partial charge in [0, 0.05) is 35.5 Å². The molecule has 0 fully saturated rings. The number of amides is 1. The minimum absolute atomic E-state index is 0.0290. The summed E-state index contributed by atoms with van der Waals surface area (Å²) in [6.07, 6.45) is -0.0480. The molecule has 0 bridgehead atoms. The topological polar surface area (TPSA) is 73.6 Å². The molecule has 0 spiro atoms. The standard InChI is InChI=1S/C16H12F4N4OS/c17-8-4-9(18)15(20)13(14(8)19)7-3-11-10(5-12(25)22-2-1-21)23-16(26)24(11)6-7/h4,7H,2-3,5-6H2,(H,22,25)(H,23,26). The number of nitrogens with one attached hydrogen (secondary N) is 2. The second-order valence-electron chi connectivity index (χ2n) is 5.86. The highest BCUT2D eigenvalue weighted by atomic mass is 32.1. The van der Waals surface area contributed by atoms with Gasteiger partial charge < -0.3 is 14.9 Å². The van der Waals surface area contributed by atoms with Gasteiger partial charge in [-0.2, -0.15) is 5.26 Å². The van der Waals surface area contributed by atoms with Crippen LogP contribution < -0.4 is 5.32 Å². The predicted octanol–water partition coefficient (Wildman–Crippen LogP) is 2.62. The number of aromatic amines is 1. The smallest absolute Gasteiger partial charge is 0.226 e. The number of hydrogen-bond acceptors (Lipinski definition) is 3. The fourth-order valence-corrected chi connectivity index (χ4v) is 3.46. The zero-order valence-corrected chi connectivity index (χ0v) is 14.0. The average Bonchev–Trinajstić information content (AvgIpc) is 3.13. The molecular formula is C16H12F4N4OS. The highest BCUT2D eigenvalue weighted by Gasteiger charge is 2.33. The van der Waals surface area contributed by atoms with Crippen molar-refractivity contribution < 1.29 is 22.4 Å². The van der Waals surface area contributed by atoms with Gasteiger partial charge in [0.2, 0.25) is 5.91 Å². The van der Waals surface area contributed by atoms with E-state index in [2.05, 4.69) is 10.3 Å². The van der Waals surface area contributed by atoms with Crippen LogP contribution in [-0.2, 0) is 24.2 Å². The summed E-state index contributed by atoms with van der Waals surface area (Å²) in [7, 11) is 0. The number of hydrogen-bond donors (Lipinski definition) is 2. The van der Waals surface area contributed by atoms with Crippen LogP contribution in [0.15, 0.2) is 6.07 Å². The van der Waals surface area contributed by atoms with Crippen molar-refractivity contribution in [1.82, 2.24) is 14.9 Å². The van der Waals surface area contributed by atoms with Gasteiger partial charge in [-0.25, -0.2) is 17.6 Å². The lowest BCUT2D eigenvalue weighted by Gasteiger charge is -2.13. The van der Waals surface area contributed by atoms with Crippen molar-refractivity contribution in [1.29, 1.82) is 5.26 Å². The minimum Gasteiger partial charge on any atom is -0.343 e. The Labute approximate surface area is 150 Å². The molecule has 0 saturated carbocycles. The average molecular weight is 384 g/mol. The van der Waals surface area contributed by atoms with E-state index in [1.807, 2.05) is 0 Å². The lowest BCUT2D eigenvalue weighted by Crippen LogP contribution is -2.25. The van der Waals surface area contributed by atoms with Gasteiger partial charge in [0.25, 0.3) is 0 Å². The Hall–Kier alpha value is -2.67.